The first kappa shape index (κ1) is 18.2. The molecule has 2 heterocycles. The second kappa shape index (κ2) is 6.79. The van der Waals surface area contributed by atoms with E-state index in [4.69, 9.17) is 5.11 Å². The Hall–Kier alpha value is -4.14. The van der Waals surface area contributed by atoms with Crippen LogP contribution in [-0.2, 0) is 4.79 Å². The second-order valence-corrected chi connectivity index (χ2v) is 6.27. The molecule has 0 radical (unpaired) electrons. The molecule has 0 fully saturated rings. The first-order valence-electron chi connectivity index (χ1n) is 8.53. The van der Waals surface area contributed by atoms with Gasteiger partial charge < -0.3 is 15.5 Å². The van der Waals surface area contributed by atoms with Crippen molar-refractivity contribution in [2.75, 3.05) is 6.54 Å². The maximum Gasteiger partial charge on any atom is 0.322 e. The van der Waals surface area contributed by atoms with Crippen LogP contribution in [0.5, 0.6) is 5.75 Å². The highest BCUT2D eigenvalue weighted by molar-refractivity contribution is 6.01. The number of carboxylic acids is 1. The summed E-state index contributed by atoms with van der Waals surface area (Å²) in [6.07, 6.45) is 0. The molecule has 0 unspecified atom stereocenters. The highest BCUT2D eigenvalue weighted by Crippen LogP contribution is 2.30. The Morgan fingerprint density at radius 1 is 1.03 bits per heavy atom. The van der Waals surface area contributed by atoms with E-state index < -0.39 is 41.1 Å². The number of amides is 1. The summed E-state index contributed by atoms with van der Waals surface area (Å²) >= 11 is 0. The Balaban J connectivity index is 2.13. The molecule has 8 nitrogen and oxygen atoms in total. The number of rotatable bonds is 4. The van der Waals surface area contributed by atoms with Gasteiger partial charge in [0.25, 0.3) is 11.5 Å². The molecule has 9 heteroatoms. The summed E-state index contributed by atoms with van der Waals surface area (Å²) in [4.78, 5) is 36.4. The Kier molecular flexibility index (Phi) is 4.27. The van der Waals surface area contributed by atoms with Gasteiger partial charge in [-0.1, -0.05) is 24.3 Å². The van der Waals surface area contributed by atoms with Crippen molar-refractivity contribution >= 4 is 28.3 Å². The van der Waals surface area contributed by atoms with Crippen LogP contribution in [0.1, 0.15) is 10.4 Å². The lowest BCUT2D eigenvalue weighted by Crippen LogP contribution is -2.37. The maximum absolute atomic E-state index is 14.3. The molecule has 0 aliphatic rings. The molecule has 0 saturated carbocycles. The van der Waals surface area contributed by atoms with E-state index in [9.17, 15) is 23.9 Å². The van der Waals surface area contributed by atoms with Gasteiger partial charge >= 0.3 is 5.97 Å². The number of hydrogen-bond acceptors (Lipinski definition) is 4. The summed E-state index contributed by atoms with van der Waals surface area (Å²) in [6.45, 7) is -0.730. The van der Waals surface area contributed by atoms with Gasteiger partial charge in [-0.2, -0.15) is 0 Å². The van der Waals surface area contributed by atoms with Gasteiger partial charge in [0, 0.05) is 5.39 Å². The largest absolute Gasteiger partial charge is 0.505 e. The third-order valence-corrected chi connectivity index (χ3v) is 4.48. The number of aromatic hydroxyl groups is 1. The van der Waals surface area contributed by atoms with Crippen LogP contribution in [0.2, 0.25) is 0 Å². The maximum atomic E-state index is 14.3. The number of aliphatic carboxylic acids is 1. The van der Waals surface area contributed by atoms with Crippen molar-refractivity contribution in [3.05, 3.63) is 76.3 Å². The Morgan fingerprint density at radius 2 is 1.76 bits per heavy atom. The average molecular weight is 395 g/mol. The van der Waals surface area contributed by atoms with Gasteiger partial charge in [0.05, 0.1) is 11.2 Å². The molecule has 2 aromatic heterocycles. The van der Waals surface area contributed by atoms with Crippen LogP contribution < -0.4 is 10.9 Å². The quantitative estimate of drug-likeness (QED) is 0.489. The number of carbonyl (C=O) groups excluding carboxylic acids is 1. The van der Waals surface area contributed by atoms with Crippen LogP contribution in [0.4, 0.5) is 4.39 Å². The summed E-state index contributed by atoms with van der Waals surface area (Å²) in [5.74, 6) is -3.58. The minimum Gasteiger partial charge on any atom is -0.505 e. The molecule has 0 spiro atoms. The molecular formula is C20H14FN3O5. The minimum atomic E-state index is -1.31. The van der Waals surface area contributed by atoms with Crippen LogP contribution in [0, 0.1) is 5.82 Å². The van der Waals surface area contributed by atoms with E-state index in [1.807, 2.05) is 0 Å². The van der Waals surface area contributed by atoms with Crippen LogP contribution >= 0.6 is 0 Å². The van der Waals surface area contributed by atoms with Crippen LogP contribution in [0.15, 0.2) is 59.4 Å². The monoisotopic (exact) mass is 395 g/mol. The minimum absolute atomic E-state index is 0.0222. The number of benzene rings is 2. The smallest absolute Gasteiger partial charge is 0.322 e. The fourth-order valence-corrected chi connectivity index (χ4v) is 3.24. The number of nitrogens with zero attached hydrogens (tertiary/aromatic N) is 2. The molecule has 1 amide bonds. The van der Waals surface area contributed by atoms with E-state index in [1.54, 1.807) is 36.4 Å². The lowest BCUT2D eigenvalue weighted by atomic mass is 10.2. The average Bonchev–Trinajstić information content (AvgIpc) is 3.08. The normalized spacial score (nSPS) is 11.1. The third kappa shape index (κ3) is 2.89. The highest BCUT2D eigenvalue weighted by Gasteiger charge is 2.25. The number of halogens is 1. The second-order valence-electron chi connectivity index (χ2n) is 6.27. The number of carboxylic acid groups (broad SMARTS) is 1. The number of para-hydroxylation sites is 1. The van der Waals surface area contributed by atoms with E-state index in [1.165, 1.54) is 22.7 Å². The Morgan fingerprint density at radius 3 is 2.45 bits per heavy atom. The predicted octanol–water partition coefficient (Wildman–Crippen LogP) is 1.90. The number of hydrogen-bond donors (Lipinski definition) is 3. The zero-order valence-electron chi connectivity index (χ0n) is 14.8. The SMILES string of the molecule is O=C(O)CNC(=O)c1c(O)c2cc3c(F)cccc3n2n(-c2ccccc2)c1=O. The van der Waals surface area contributed by atoms with E-state index >= 15 is 0 Å². The number of nitrogens with one attached hydrogen (secondary N) is 1. The van der Waals surface area contributed by atoms with Gasteiger partial charge in [-0.3, -0.25) is 14.4 Å². The molecule has 0 saturated heterocycles. The molecular weight excluding hydrogens is 381 g/mol. The van der Waals surface area contributed by atoms with Gasteiger partial charge in [-0.25, -0.2) is 13.6 Å². The van der Waals surface area contributed by atoms with E-state index in [0.29, 0.717) is 11.2 Å². The van der Waals surface area contributed by atoms with Gasteiger partial charge in [0.15, 0.2) is 11.3 Å². The van der Waals surface area contributed by atoms with Crippen LogP contribution in [0.3, 0.4) is 0 Å². The zero-order valence-corrected chi connectivity index (χ0v) is 14.8. The highest BCUT2D eigenvalue weighted by atomic mass is 19.1. The molecule has 2 aromatic carbocycles. The predicted molar refractivity (Wildman–Crippen MR) is 102 cm³/mol. The summed E-state index contributed by atoms with van der Waals surface area (Å²) in [5, 5.41) is 21.7. The van der Waals surface area contributed by atoms with Gasteiger partial charge in [0.1, 0.15) is 17.9 Å². The van der Waals surface area contributed by atoms with Crippen molar-refractivity contribution in [2.45, 2.75) is 0 Å². The molecule has 0 aliphatic heterocycles. The number of carbonyl (C=O) groups is 2. The van der Waals surface area contributed by atoms with Crippen molar-refractivity contribution in [3.63, 3.8) is 0 Å². The number of aromatic nitrogens is 2. The van der Waals surface area contributed by atoms with Crippen LogP contribution in [-0.4, -0.2) is 37.8 Å². The van der Waals surface area contributed by atoms with E-state index in [2.05, 4.69) is 5.32 Å². The van der Waals surface area contributed by atoms with Crippen LogP contribution in [0.25, 0.3) is 22.1 Å². The van der Waals surface area contributed by atoms with E-state index in [0.717, 1.165) is 4.68 Å². The lowest BCUT2D eigenvalue weighted by molar-refractivity contribution is -0.135. The van der Waals surface area contributed by atoms with Gasteiger partial charge in [0.2, 0.25) is 0 Å². The summed E-state index contributed by atoms with van der Waals surface area (Å²) < 4.78 is 16.8. The first-order valence-corrected chi connectivity index (χ1v) is 8.53. The van der Waals surface area contributed by atoms with Gasteiger partial charge in [-0.15, -0.1) is 0 Å². The van der Waals surface area contributed by atoms with E-state index in [-0.39, 0.29) is 10.9 Å². The Labute approximate surface area is 162 Å². The van der Waals surface area contributed by atoms with Crippen molar-refractivity contribution in [1.82, 2.24) is 14.5 Å². The fourth-order valence-electron chi connectivity index (χ4n) is 3.24. The molecule has 0 bridgehead atoms. The molecule has 0 aliphatic carbocycles. The summed E-state index contributed by atoms with van der Waals surface area (Å²) in [6, 6.07) is 13.9. The topological polar surface area (TPSA) is 113 Å². The molecule has 146 valence electrons. The fraction of sp³-hybridized carbons (Fsp3) is 0.0500. The van der Waals surface area contributed by atoms with Crippen molar-refractivity contribution in [1.29, 1.82) is 0 Å². The third-order valence-electron chi connectivity index (χ3n) is 4.48. The Bertz CT molecular complexity index is 1340. The molecule has 4 rings (SSSR count). The van der Waals surface area contributed by atoms with Crippen molar-refractivity contribution < 1.29 is 24.2 Å². The zero-order chi connectivity index (χ0) is 20.7. The molecule has 4 aromatic rings. The molecule has 29 heavy (non-hydrogen) atoms. The summed E-state index contributed by atoms with van der Waals surface area (Å²) in [5.41, 5.74) is -0.809. The first-order chi connectivity index (χ1) is 13.9. The van der Waals surface area contributed by atoms with Gasteiger partial charge in [-0.05, 0) is 30.3 Å². The van der Waals surface area contributed by atoms with Crippen molar-refractivity contribution in [3.8, 4) is 11.4 Å². The number of fused-ring (bicyclic) bond motifs is 3. The standard InChI is InChI=1S/C20H14FN3O5/c21-13-7-4-8-14-12(13)9-15-18(27)17(19(28)22-10-16(25)26)20(29)23(24(14)15)11-5-2-1-3-6-11/h1-9,27H,10H2,(H,22,28)(H,25,26). The summed E-state index contributed by atoms with van der Waals surface area (Å²) in [7, 11) is 0. The van der Waals surface area contributed by atoms with Crippen molar-refractivity contribution in [2.24, 2.45) is 0 Å². The molecule has 3 N–H and O–H groups in total. The lowest BCUT2D eigenvalue weighted by Gasteiger charge is -2.15. The molecule has 0 atom stereocenters.